The summed E-state index contributed by atoms with van der Waals surface area (Å²) < 4.78 is 42.3. The van der Waals surface area contributed by atoms with Gasteiger partial charge in [0.1, 0.15) is 11.3 Å². The fourth-order valence-electron chi connectivity index (χ4n) is 2.02. The molecule has 2 aromatic rings. The third kappa shape index (κ3) is 4.62. The van der Waals surface area contributed by atoms with E-state index in [1.54, 1.807) is 12.3 Å². The molecule has 0 spiro atoms. The van der Waals surface area contributed by atoms with Crippen molar-refractivity contribution in [2.24, 2.45) is 0 Å². The van der Waals surface area contributed by atoms with Gasteiger partial charge in [0.2, 0.25) is 0 Å². The average Bonchev–Trinajstić information content (AvgIpc) is 2.78. The predicted octanol–water partition coefficient (Wildman–Crippen LogP) is 3.20. The monoisotopic (exact) mass is 344 g/mol. The zero-order chi connectivity index (χ0) is 17.4. The van der Waals surface area contributed by atoms with Gasteiger partial charge in [-0.1, -0.05) is 0 Å². The second kappa shape index (κ2) is 6.33. The minimum Gasteiger partial charge on any atom is -0.598 e. The van der Waals surface area contributed by atoms with Crippen LogP contribution in [0.1, 0.15) is 46.4 Å². The van der Waals surface area contributed by atoms with E-state index in [0.29, 0.717) is 11.2 Å². The van der Waals surface area contributed by atoms with E-state index in [9.17, 15) is 13.3 Å². The van der Waals surface area contributed by atoms with Gasteiger partial charge in [0, 0.05) is 23.7 Å². The van der Waals surface area contributed by atoms with Crippen molar-refractivity contribution in [3.63, 3.8) is 0 Å². The van der Waals surface area contributed by atoms with Crippen molar-refractivity contribution in [3.05, 3.63) is 24.2 Å². The van der Waals surface area contributed by atoms with E-state index < -0.39 is 23.8 Å². The van der Waals surface area contributed by atoms with Gasteiger partial charge in [0.25, 0.3) is 5.92 Å². The van der Waals surface area contributed by atoms with Crippen molar-refractivity contribution >= 4 is 22.3 Å². The Labute approximate surface area is 137 Å². The third-order valence-electron chi connectivity index (χ3n) is 3.26. The highest BCUT2D eigenvalue weighted by atomic mass is 32.2. The normalized spacial score (nSPS) is 15.8. The maximum Gasteiger partial charge on any atom is 0.264 e. The highest BCUT2D eigenvalue weighted by molar-refractivity contribution is 7.90. The van der Waals surface area contributed by atoms with Crippen LogP contribution in [0.5, 0.6) is 0 Å². The predicted molar refractivity (Wildman–Crippen MR) is 87.6 cm³/mol. The number of nitrogens with zero attached hydrogens (tertiary/aromatic N) is 3. The Hall–Kier alpha value is -1.25. The summed E-state index contributed by atoms with van der Waals surface area (Å²) in [6, 6.07) is 1.56. The molecule has 2 heterocycles. The summed E-state index contributed by atoms with van der Waals surface area (Å²) in [5.41, 5.74) is 1.25. The van der Waals surface area contributed by atoms with Gasteiger partial charge in [-0.2, -0.15) is 5.10 Å². The Kier molecular flexibility index (Phi) is 4.98. The molecule has 2 aromatic heterocycles. The molecule has 0 aliphatic rings. The molecule has 0 fully saturated rings. The summed E-state index contributed by atoms with van der Waals surface area (Å²) in [5.74, 6) is -2.84. The Morgan fingerprint density at radius 3 is 2.52 bits per heavy atom. The first-order chi connectivity index (χ1) is 10.5. The van der Waals surface area contributed by atoms with Crippen LogP contribution in [0.2, 0.25) is 0 Å². The first-order valence-corrected chi connectivity index (χ1v) is 8.50. The van der Waals surface area contributed by atoms with Gasteiger partial charge >= 0.3 is 0 Å². The molecule has 0 aromatic carbocycles. The van der Waals surface area contributed by atoms with Crippen molar-refractivity contribution in [1.82, 2.24) is 19.5 Å². The minimum atomic E-state index is -2.84. The molecular weight excluding hydrogens is 322 g/mol. The van der Waals surface area contributed by atoms with Gasteiger partial charge in [0.05, 0.1) is 29.6 Å². The summed E-state index contributed by atoms with van der Waals surface area (Å²) in [6.07, 6.45) is 3.07. The summed E-state index contributed by atoms with van der Waals surface area (Å²) in [4.78, 5) is 4.30. The van der Waals surface area contributed by atoms with E-state index in [4.69, 9.17) is 0 Å². The number of rotatable bonds is 5. The molecule has 8 heteroatoms. The maximum absolute atomic E-state index is 13.2. The van der Waals surface area contributed by atoms with Crippen molar-refractivity contribution in [1.29, 1.82) is 0 Å². The van der Waals surface area contributed by atoms with Crippen LogP contribution in [-0.2, 0) is 17.9 Å². The quantitative estimate of drug-likeness (QED) is 0.846. The first-order valence-electron chi connectivity index (χ1n) is 7.35. The van der Waals surface area contributed by atoms with Gasteiger partial charge in [-0.15, -0.1) is 4.72 Å². The Bertz CT molecular complexity index is 678. The molecule has 5 nitrogen and oxygen atoms in total. The van der Waals surface area contributed by atoms with Gasteiger partial charge < -0.3 is 4.55 Å². The molecule has 128 valence electrons. The molecule has 2 unspecified atom stereocenters. The minimum absolute atomic E-state index is 0.226. The third-order valence-corrected chi connectivity index (χ3v) is 4.94. The van der Waals surface area contributed by atoms with Crippen molar-refractivity contribution in [2.45, 2.75) is 57.9 Å². The van der Waals surface area contributed by atoms with Gasteiger partial charge in [-0.25, -0.2) is 8.78 Å². The van der Waals surface area contributed by atoms with Crippen molar-refractivity contribution < 1.29 is 13.3 Å². The molecule has 0 radical (unpaired) electrons. The lowest BCUT2D eigenvalue weighted by Crippen LogP contribution is -2.40. The highest BCUT2D eigenvalue weighted by Crippen LogP contribution is 2.23. The van der Waals surface area contributed by atoms with Crippen LogP contribution in [0.4, 0.5) is 8.78 Å². The van der Waals surface area contributed by atoms with Crippen LogP contribution in [0.25, 0.3) is 10.9 Å². The fourth-order valence-corrected chi connectivity index (χ4v) is 2.81. The molecular formula is C15H22F2N4OS. The second-order valence-electron chi connectivity index (χ2n) is 6.76. The molecule has 0 saturated carbocycles. The van der Waals surface area contributed by atoms with E-state index in [2.05, 4.69) is 14.8 Å². The Morgan fingerprint density at radius 1 is 1.30 bits per heavy atom. The molecule has 2 rings (SSSR count). The number of hydrogen-bond acceptors (Lipinski definition) is 4. The molecule has 23 heavy (non-hydrogen) atoms. The van der Waals surface area contributed by atoms with Gasteiger partial charge in [-0.3, -0.25) is 9.67 Å². The number of fused-ring (bicyclic) bond motifs is 1. The van der Waals surface area contributed by atoms with E-state index in [1.165, 1.54) is 10.9 Å². The Morgan fingerprint density at radius 2 is 1.96 bits per heavy atom. The summed E-state index contributed by atoms with van der Waals surface area (Å²) in [7, 11) is 0. The smallest absolute Gasteiger partial charge is 0.264 e. The van der Waals surface area contributed by atoms with Crippen molar-refractivity contribution in [2.75, 3.05) is 0 Å². The summed E-state index contributed by atoms with van der Waals surface area (Å²) in [6.45, 7) is 7.88. The lowest BCUT2D eigenvalue weighted by molar-refractivity contribution is 0.00181. The van der Waals surface area contributed by atoms with Crippen LogP contribution < -0.4 is 4.72 Å². The van der Waals surface area contributed by atoms with E-state index in [1.807, 2.05) is 27.7 Å². The highest BCUT2D eigenvalue weighted by Gasteiger charge is 2.29. The number of aromatic nitrogens is 3. The molecule has 0 saturated heterocycles. The van der Waals surface area contributed by atoms with Crippen LogP contribution in [0.15, 0.2) is 18.5 Å². The number of halogens is 2. The molecule has 1 N–H and O–H groups in total. The molecule has 2 atom stereocenters. The van der Waals surface area contributed by atoms with E-state index >= 15 is 0 Å². The zero-order valence-corrected chi connectivity index (χ0v) is 14.7. The topological polar surface area (TPSA) is 65.8 Å². The summed E-state index contributed by atoms with van der Waals surface area (Å²) in [5, 5.41) is 4.73. The lowest BCUT2D eigenvalue weighted by Gasteiger charge is -2.26. The van der Waals surface area contributed by atoms with Crippen LogP contribution in [-0.4, -0.2) is 30.0 Å². The average molecular weight is 344 g/mol. The molecule has 0 amide bonds. The SMILES string of the molecule is CC(N[S+]([O-])C(C)(C)C)c1cc2cnn(CC(C)(F)F)c2cn1. The lowest BCUT2D eigenvalue weighted by atomic mass is 10.2. The zero-order valence-electron chi connectivity index (χ0n) is 13.9. The Balaban J connectivity index is 2.21. The fraction of sp³-hybridized carbons (Fsp3) is 0.600. The molecule has 0 bridgehead atoms. The maximum atomic E-state index is 13.2. The first kappa shape index (κ1) is 18.1. The van der Waals surface area contributed by atoms with Gasteiger partial charge in [0.15, 0.2) is 0 Å². The number of pyridine rings is 1. The number of nitrogens with one attached hydrogen (secondary N) is 1. The van der Waals surface area contributed by atoms with Crippen LogP contribution >= 0.6 is 0 Å². The van der Waals surface area contributed by atoms with E-state index in [0.717, 1.165) is 12.3 Å². The largest absolute Gasteiger partial charge is 0.598 e. The van der Waals surface area contributed by atoms with Crippen LogP contribution in [0.3, 0.4) is 0 Å². The number of alkyl halides is 2. The van der Waals surface area contributed by atoms with E-state index in [-0.39, 0.29) is 10.8 Å². The molecule has 0 aliphatic carbocycles. The molecule has 0 aliphatic heterocycles. The van der Waals surface area contributed by atoms with Gasteiger partial charge in [-0.05, 0) is 33.8 Å². The summed E-state index contributed by atoms with van der Waals surface area (Å²) >= 11 is -1.22. The number of hydrogen-bond donors (Lipinski definition) is 1. The second-order valence-corrected chi connectivity index (χ2v) is 8.76. The van der Waals surface area contributed by atoms with Crippen LogP contribution in [0, 0.1) is 0 Å². The van der Waals surface area contributed by atoms with Crippen molar-refractivity contribution in [3.8, 4) is 0 Å². The standard InChI is InChI=1S/C15H22F2N4OS/c1-10(20-23(22)14(2,3)4)12-6-11-7-19-21(9-15(5,16)17)13(11)8-18-12/h6-8,10,20H,9H2,1-5H3.